The van der Waals surface area contributed by atoms with Crippen LogP contribution in [0.25, 0.3) is 15.7 Å². The predicted molar refractivity (Wildman–Crippen MR) is 94.9 cm³/mol. The van der Waals surface area contributed by atoms with Crippen molar-refractivity contribution in [1.29, 1.82) is 0 Å². The van der Waals surface area contributed by atoms with E-state index in [1.165, 1.54) is 17.8 Å². The Labute approximate surface area is 138 Å². The quantitative estimate of drug-likeness (QED) is 0.763. The fourth-order valence-corrected chi connectivity index (χ4v) is 3.94. The topological polar surface area (TPSA) is 37.3 Å². The third-order valence-electron chi connectivity index (χ3n) is 4.05. The summed E-state index contributed by atoms with van der Waals surface area (Å²) in [7, 11) is 0. The van der Waals surface area contributed by atoms with E-state index in [2.05, 4.69) is 0 Å². The summed E-state index contributed by atoms with van der Waals surface area (Å²) in [5.41, 5.74) is 1.57. The van der Waals surface area contributed by atoms with Crippen LogP contribution in [0.15, 0.2) is 78.9 Å². The van der Waals surface area contributed by atoms with Gasteiger partial charge in [-0.3, -0.25) is 4.79 Å². The van der Waals surface area contributed by atoms with E-state index in [4.69, 9.17) is 0 Å². The molecule has 112 valence electrons. The standard InChI is InChI=1S/C20H14O2S/c21-19-13-18(15-7-2-1-3-8-15)23-20(19,22)17-11-10-14-6-4-5-9-16(14)12-17/h1-13,22H. The monoisotopic (exact) mass is 318 g/mol. The number of hydrogen-bond acceptors (Lipinski definition) is 3. The van der Waals surface area contributed by atoms with Crippen LogP contribution in [-0.2, 0) is 9.73 Å². The minimum Gasteiger partial charge on any atom is -0.368 e. The molecule has 1 aliphatic rings. The molecule has 0 bridgehead atoms. The first-order chi connectivity index (χ1) is 11.2. The molecule has 1 N–H and O–H groups in total. The lowest BCUT2D eigenvalue weighted by atomic mass is 10.0. The Kier molecular flexibility index (Phi) is 3.33. The molecule has 1 atom stereocenters. The van der Waals surface area contributed by atoms with Crippen molar-refractivity contribution in [2.24, 2.45) is 0 Å². The molecule has 4 rings (SSSR count). The first-order valence-electron chi connectivity index (χ1n) is 7.39. The lowest BCUT2D eigenvalue weighted by Gasteiger charge is -2.21. The number of rotatable bonds is 2. The van der Waals surface area contributed by atoms with Gasteiger partial charge in [0.2, 0.25) is 10.7 Å². The number of fused-ring (bicyclic) bond motifs is 1. The Hall–Kier alpha value is -2.36. The predicted octanol–water partition coefficient (Wildman–Crippen LogP) is 4.34. The number of ketones is 1. The van der Waals surface area contributed by atoms with Crippen molar-refractivity contribution in [3.05, 3.63) is 90.0 Å². The zero-order chi connectivity index (χ0) is 15.9. The van der Waals surface area contributed by atoms with Gasteiger partial charge in [-0.05, 0) is 28.5 Å². The van der Waals surface area contributed by atoms with Gasteiger partial charge in [-0.1, -0.05) is 78.5 Å². The number of aliphatic hydroxyl groups is 1. The Morgan fingerprint density at radius 3 is 2.30 bits per heavy atom. The van der Waals surface area contributed by atoms with E-state index in [0.717, 1.165) is 21.2 Å². The first kappa shape index (κ1) is 14.2. The molecular weight excluding hydrogens is 304 g/mol. The van der Waals surface area contributed by atoms with Gasteiger partial charge in [0, 0.05) is 10.5 Å². The molecule has 0 aromatic heterocycles. The average molecular weight is 318 g/mol. The van der Waals surface area contributed by atoms with Gasteiger partial charge in [0.1, 0.15) is 0 Å². The molecule has 0 saturated carbocycles. The van der Waals surface area contributed by atoms with Crippen LogP contribution < -0.4 is 0 Å². The molecule has 0 spiro atoms. The van der Waals surface area contributed by atoms with E-state index in [9.17, 15) is 9.90 Å². The SMILES string of the molecule is O=C1C=C(c2ccccc2)SC1(O)c1ccc2ccccc2c1. The van der Waals surface area contributed by atoms with E-state index in [1.54, 1.807) is 0 Å². The summed E-state index contributed by atoms with van der Waals surface area (Å²) >= 11 is 1.20. The summed E-state index contributed by atoms with van der Waals surface area (Å²) in [6.07, 6.45) is 1.54. The van der Waals surface area contributed by atoms with Gasteiger partial charge in [-0.25, -0.2) is 0 Å². The van der Waals surface area contributed by atoms with Crippen molar-refractivity contribution in [2.75, 3.05) is 0 Å². The molecule has 1 unspecified atom stereocenters. The van der Waals surface area contributed by atoms with Crippen molar-refractivity contribution in [3.63, 3.8) is 0 Å². The third kappa shape index (κ3) is 2.38. The summed E-state index contributed by atoms with van der Waals surface area (Å²) in [4.78, 5) is 11.7. The fourth-order valence-electron chi connectivity index (χ4n) is 2.80. The normalized spacial score (nSPS) is 20.7. The van der Waals surface area contributed by atoms with E-state index in [0.29, 0.717) is 5.56 Å². The Morgan fingerprint density at radius 1 is 0.826 bits per heavy atom. The van der Waals surface area contributed by atoms with Crippen LogP contribution in [0.3, 0.4) is 0 Å². The maximum atomic E-state index is 12.5. The van der Waals surface area contributed by atoms with Crippen LogP contribution in [0.4, 0.5) is 0 Å². The summed E-state index contributed by atoms with van der Waals surface area (Å²) < 4.78 is 0. The van der Waals surface area contributed by atoms with Gasteiger partial charge < -0.3 is 5.11 Å². The second-order valence-corrected chi connectivity index (χ2v) is 6.78. The fraction of sp³-hybridized carbons (Fsp3) is 0.0500. The molecule has 1 aliphatic heterocycles. The van der Waals surface area contributed by atoms with Crippen LogP contribution in [-0.4, -0.2) is 10.9 Å². The number of hydrogen-bond donors (Lipinski definition) is 1. The van der Waals surface area contributed by atoms with Gasteiger partial charge in [0.25, 0.3) is 0 Å². The van der Waals surface area contributed by atoms with E-state index >= 15 is 0 Å². The molecule has 0 radical (unpaired) electrons. The minimum atomic E-state index is -1.55. The van der Waals surface area contributed by atoms with Gasteiger partial charge >= 0.3 is 0 Å². The molecule has 0 fully saturated rings. The van der Waals surface area contributed by atoms with Crippen LogP contribution in [0.1, 0.15) is 11.1 Å². The highest BCUT2D eigenvalue weighted by Gasteiger charge is 2.43. The highest BCUT2D eigenvalue weighted by molar-refractivity contribution is 8.10. The summed E-state index contributed by atoms with van der Waals surface area (Å²) in [6.45, 7) is 0. The molecule has 0 saturated heterocycles. The molecule has 0 aliphatic carbocycles. The third-order valence-corrected chi connectivity index (χ3v) is 5.36. The molecule has 2 nitrogen and oxygen atoms in total. The number of carbonyl (C=O) groups is 1. The van der Waals surface area contributed by atoms with Crippen molar-refractivity contribution in [1.82, 2.24) is 0 Å². The average Bonchev–Trinajstić information content (AvgIpc) is 2.92. The lowest BCUT2D eigenvalue weighted by molar-refractivity contribution is -0.124. The van der Waals surface area contributed by atoms with Crippen molar-refractivity contribution in [3.8, 4) is 0 Å². The molecular formula is C20H14O2S. The van der Waals surface area contributed by atoms with E-state index < -0.39 is 4.93 Å². The summed E-state index contributed by atoms with van der Waals surface area (Å²) in [6, 6.07) is 23.3. The van der Waals surface area contributed by atoms with Gasteiger partial charge in [0.15, 0.2) is 0 Å². The maximum Gasteiger partial charge on any atom is 0.204 e. The van der Waals surface area contributed by atoms with Crippen molar-refractivity contribution >= 4 is 33.2 Å². The summed E-state index contributed by atoms with van der Waals surface area (Å²) in [5, 5.41) is 13.1. The molecule has 0 amide bonds. The Balaban J connectivity index is 1.75. The number of thioether (sulfide) groups is 1. The van der Waals surface area contributed by atoms with Crippen molar-refractivity contribution < 1.29 is 9.90 Å². The minimum absolute atomic E-state index is 0.281. The van der Waals surface area contributed by atoms with Crippen LogP contribution in [0, 0.1) is 0 Å². The van der Waals surface area contributed by atoms with Crippen LogP contribution in [0.5, 0.6) is 0 Å². The molecule has 3 heteroatoms. The summed E-state index contributed by atoms with van der Waals surface area (Å²) in [5.74, 6) is -0.281. The molecule has 3 aromatic rings. The van der Waals surface area contributed by atoms with Crippen molar-refractivity contribution in [2.45, 2.75) is 4.93 Å². The van der Waals surface area contributed by atoms with Crippen LogP contribution in [0.2, 0.25) is 0 Å². The molecule has 3 aromatic carbocycles. The second-order valence-electron chi connectivity index (χ2n) is 5.55. The second kappa shape index (κ2) is 5.37. The molecule has 23 heavy (non-hydrogen) atoms. The van der Waals surface area contributed by atoms with Crippen LogP contribution >= 0.6 is 11.8 Å². The van der Waals surface area contributed by atoms with Gasteiger partial charge in [0.05, 0.1) is 0 Å². The number of benzene rings is 3. The lowest BCUT2D eigenvalue weighted by Crippen LogP contribution is -2.27. The highest BCUT2D eigenvalue weighted by Crippen LogP contribution is 2.49. The Bertz CT molecular complexity index is 931. The largest absolute Gasteiger partial charge is 0.368 e. The van der Waals surface area contributed by atoms with E-state index in [-0.39, 0.29) is 5.78 Å². The van der Waals surface area contributed by atoms with E-state index in [1.807, 2.05) is 72.8 Å². The smallest absolute Gasteiger partial charge is 0.204 e. The van der Waals surface area contributed by atoms with Gasteiger partial charge in [-0.15, -0.1) is 0 Å². The zero-order valence-electron chi connectivity index (χ0n) is 12.3. The Morgan fingerprint density at radius 2 is 1.52 bits per heavy atom. The highest BCUT2D eigenvalue weighted by atomic mass is 32.2. The number of carbonyl (C=O) groups excluding carboxylic acids is 1. The van der Waals surface area contributed by atoms with Gasteiger partial charge in [-0.2, -0.15) is 0 Å². The molecule has 1 heterocycles. The maximum absolute atomic E-state index is 12.5. The first-order valence-corrected chi connectivity index (χ1v) is 8.21. The zero-order valence-corrected chi connectivity index (χ0v) is 13.1.